The number of hydrogen-bond donors (Lipinski definition) is 1. The molecule has 0 unspecified atom stereocenters. The van der Waals surface area contributed by atoms with Gasteiger partial charge >= 0.3 is 12.0 Å². The lowest BCUT2D eigenvalue weighted by Crippen LogP contribution is -2.51. The molecular weight excluding hydrogens is 342 g/mol. The monoisotopic (exact) mass is 367 g/mol. The van der Waals surface area contributed by atoms with E-state index in [1.807, 2.05) is 48.2 Å². The van der Waals surface area contributed by atoms with Crippen LogP contribution in [0.5, 0.6) is 0 Å². The number of carbonyl (C=O) groups excluding carboxylic acids is 2. The Morgan fingerprint density at radius 1 is 1.00 bits per heavy atom. The van der Waals surface area contributed by atoms with Crippen molar-refractivity contribution in [1.82, 2.24) is 10.2 Å². The molecule has 142 valence electrons. The number of benzene rings is 2. The van der Waals surface area contributed by atoms with Crippen LogP contribution in [-0.4, -0.2) is 50.2 Å². The van der Waals surface area contributed by atoms with E-state index in [9.17, 15) is 9.59 Å². The highest BCUT2D eigenvalue weighted by Crippen LogP contribution is 2.18. The van der Waals surface area contributed by atoms with Crippen LogP contribution in [-0.2, 0) is 11.3 Å². The topological polar surface area (TPSA) is 61.9 Å². The minimum absolute atomic E-state index is 0.0288. The molecule has 2 amide bonds. The lowest BCUT2D eigenvalue weighted by atomic mass is 10.1. The smallest absolute Gasteiger partial charge is 0.337 e. The summed E-state index contributed by atoms with van der Waals surface area (Å²) in [5.74, 6) is -0.336. The average molecular weight is 367 g/mol. The quantitative estimate of drug-likeness (QED) is 0.844. The van der Waals surface area contributed by atoms with E-state index in [0.717, 1.165) is 24.3 Å². The summed E-state index contributed by atoms with van der Waals surface area (Å²) in [6.45, 7) is 5.44. The number of carbonyl (C=O) groups is 2. The molecule has 0 radical (unpaired) electrons. The summed E-state index contributed by atoms with van der Waals surface area (Å²) in [5.41, 5.74) is 3.89. The summed E-state index contributed by atoms with van der Waals surface area (Å²) in [5, 5.41) is 3.01. The second-order valence-electron chi connectivity index (χ2n) is 6.60. The van der Waals surface area contributed by atoms with Gasteiger partial charge in [0.15, 0.2) is 0 Å². The second-order valence-corrected chi connectivity index (χ2v) is 6.60. The van der Waals surface area contributed by atoms with E-state index < -0.39 is 0 Å². The van der Waals surface area contributed by atoms with Crippen LogP contribution in [0.1, 0.15) is 21.5 Å². The van der Waals surface area contributed by atoms with Crippen molar-refractivity contribution in [3.8, 4) is 0 Å². The van der Waals surface area contributed by atoms with Gasteiger partial charge in [0.25, 0.3) is 0 Å². The van der Waals surface area contributed by atoms with Gasteiger partial charge in [0.05, 0.1) is 12.7 Å². The molecule has 0 atom stereocenters. The molecule has 0 bridgehead atoms. The van der Waals surface area contributed by atoms with Crippen molar-refractivity contribution in [3.05, 3.63) is 65.2 Å². The molecule has 1 aliphatic rings. The zero-order valence-electron chi connectivity index (χ0n) is 15.8. The van der Waals surface area contributed by atoms with Gasteiger partial charge in [0, 0.05) is 38.4 Å². The van der Waals surface area contributed by atoms with Crippen molar-refractivity contribution in [2.75, 3.05) is 38.2 Å². The Hall–Kier alpha value is -3.02. The van der Waals surface area contributed by atoms with E-state index in [1.54, 1.807) is 12.1 Å². The van der Waals surface area contributed by atoms with Crippen molar-refractivity contribution >= 4 is 17.7 Å². The highest BCUT2D eigenvalue weighted by atomic mass is 16.5. The van der Waals surface area contributed by atoms with Gasteiger partial charge in [-0.1, -0.05) is 24.3 Å². The molecule has 6 nitrogen and oxygen atoms in total. The Labute approximate surface area is 159 Å². The van der Waals surface area contributed by atoms with Crippen LogP contribution in [0.15, 0.2) is 48.5 Å². The third-order valence-electron chi connectivity index (χ3n) is 4.91. The number of nitrogens with one attached hydrogen (secondary N) is 1. The first-order valence-electron chi connectivity index (χ1n) is 9.09. The lowest BCUT2D eigenvalue weighted by Gasteiger charge is -2.36. The number of anilines is 1. The van der Waals surface area contributed by atoms with E-state index in [-0.39, 0.29) is 12.0 Å². The molecular formula is C21H25N3O3. The molecule has 0 aromatic heterocycles. The van der Waals surface area contributed by atoms with E-state index in [2.05, 4.69) is 10.2 Å². The number of hydrogen-bond acceptors (Lipinski definition) is 4. The maximum atomic E-state index is 12.4. The van der Waals surface area contributed by atoms with Crippen LogP contribution in [0.2, 0.25) is 0 Å². The van der Waals surface area contributed by atoms with Crippen LogP contribution in [0.3, 0.4) is 0 Å². The van der Waals surface area contributed by atoms with Gasteiger partial charge in [0.2, 0.25) is 0 Å². The van der Waals surface area contributed by atoms with E-state index in [1.165, 1.54) is 12.7 Å². The summed E-state index contributed by atoms with van der Waals surface area (Å²) in [6, 6.07) is 15.4. The number of esters is 1. The van der Waals surface area contributed by atoms with Crippen LogP contribution in [0.4, 0.5) is 10.5 Å². The van der Waals surface area contributed by atoms with Crippen LogP contribution in [0.25, 0.3) is 0 Å². The SMILES string of the molecule is COC(=O)c1ccc(N2CCN(C(=O)NCc3ccccc3C)CC2)cc1. The van der Waals surface area contributed by atoms with Gasteiger partial charge in [0.1, 0.15) is 0 Å². The Morgan fingerprint density at radius 2 is 1.67 bits per heavy atom. The molecule has 0 aliphatic carbocycles. The van der Waals surface area contributed by atoms with Crippen LogP contribution >= 0.6 is 0 Å². The average Bonchev–Trinajstić information content (AvgIpc) is 2.72. The zero-order valence-corrected chi connectivity index (χ0v) is 15.8. The molecule has 2 aromatic carbocycles. The summed E-state index contributed by atoms with van der Waals surface area (Å²) >= 11 is 0. The Bertz CT molecular complexity index is 797. The Balaban J connectivity index is 1.50. The maximum Gasteiger partial charge on any atom is 0.337 e. The first kappa shape index (κ1) is 18.8. The van der Waals surface area contributed by atoms with E-state index in [0.29, 0.717) is 25.2 Å². The first-order valence-corrected chi connectivity index (χ1v) is 9.09. The van der Waals surface area contributed by atoms with Crippen molar-refractivity contribution in [2.45, 2.75) is 13.5 Å². The number of ether oxygens (including phenoxy) is 1. The number of aryl methyl sites for hydroxylation is 1. The van der Waals surface area contributed by atoms with Crippen molar-refractivity contribution in [1.29, 1.82) is 0 Å². The lowest BCUT2D eigenvalue weighted by molar-refractivity contribution is 0.0600. The molecule has 2 aromatic rings. The molecule has 6 heteroatoms. The fraction of sp³-hybridized carbons (Fsp3) is 0.333. The van der Waals surface area contributed by atoms with Gasteiger partial charge < -0.3 is 19.9 Å². The first-order chi connectivity index (χ1) is 13.1. The number of piperazine rings is 1. The number of methoxy groups -OCH3 is 1. The molecule has 1 aliphatic heterocycles. The molecule has 1 N–H and O–H groups in total. The Morgan fingerprint density at radius 3 is 2.30 bits per heavy atom. The summed E-state index contributed by atoms with van der Waals surface area (Å²) in [4.78, 5) is 28.0. The fourth-order valence-electron chi connectivity index (χ4n) is 3.18. The number of rotatable bonds is 4. The molecule has 1 heterocycles. The highest BCUT2D eigenvalue weighted by Gasteiger charge is 2.21. The molecule has 0 saturated carbocycles. The summed E-state index contributed by atoms with van der Waals surface area (Å²) < 4.78 is 4.72. The van der Waals surface area contributed by atoms with Crippen molar-refractivity contribution in [2.24, 2.45) is 0 Å². The third kappa shape index (κ3) is 4.58. The summed E-state index contributed by atoms with van der Waals surface area (Å²) in [7, 11) is 1.37. The standard InChI is InChI=1S/C21H25N3O3/c1-16-5-3-4-6-18(16)15-22-21(26)24-13-11-23(12-14-24)19-9-7-17(8-10-19)20(25)27-2/h3-10H,11-15H2,1-2H3,(H,22,26). The molecule has 27 heavy (non-hydrogen) atoms. The highest BCUT2D eigenvalue weighted by molar-refractivity contribution is 5.89. The fourth-order valence-corrected chi connectivity index (χ4v) is 3.18. The molecule has 0 spiro atoms. The normalized spacial score (nSPS) is 14.0. The van der Waals surface area contributed by atoms with Gasteiger partial charge in [-0.25, -0.2) is 9.59 Å². The predicted octanol–water partition coefficient (Wildman–Crippen LogP) is 2.81. The number of nitrogens with zero attached hydrogens (tertiary/aromatic N) is 2. The number of amides is 2. The zero-order chi connectivity index (χ0) is 19.2. The van der Waals surface area contributed by atoms with Crippen LogP contribution in [0, 0.1) is 6.92 Å². The van der Waals surface area contributed by atoms with Gasteiger partial charge in [-0.2, -0.15) is 0 Å². The predicted molar refractivity (Wildman–Crippen MR) is 105 cm³/mol. The van der Waals surface area contributed by atoms with E-state index >= 15 is 0 Å². The molecule has 1 saturated heterocycles. The van der Waals surface area contributed by atoms with Gasteiger partial charge in [-0.3, -0.25) is 0 Å². The largest absolute Gasteiger partial charge is 0.465 e. The number of urea groups is 1. The van der Waals surface area contributed by atoms with Crippen molar-refractivity contribution in [3.63, 3.8) is 0 Å². The Kier molecular flexibility index (Phi) is 5.96. The van der Waals surface area contributed by atoms with Gasteiger partial charge in [-0.05, 0) is 42.3 Å². The van der Waals surface area contributed by atoms with Crippen molar-refractivity contribution < 1.29 is 14.3 Å². The molecule has 3 rings (SSSR count). The minimum Gasteiger partial charge on any atom is -0.465 e. The van der Waals surface area contributed by atoms with E-state index in [4.69, 9.17) is 4.74 Å². The third-order valence-corrected chi connectivity index (χ3v) is 4.91. The summed E-state index contributed by atoms with van der Waals surface area (Å²) in [6.07, 6.45) is 0. The second kappa shape index (κ2) is 8.58. The van der Waals surface area contributed by atoms with Gasteiger partial charge in [-0.15, -0.1) is 0 Å². The minimum atomic E-state index is -0.336. The molecule has 1 fully saturated rings. The van der Waals surface area contributed by atoms with Crippen LogP contribution < -0.4 is 10.2 Å². The maximum absolute atomic E-state index is 12.4.